The molecule has 6 nitrogen and oxygen atoms in total. The van der Waals surface area contributed by atoms with E-state index in [1.807, 2.05) is 0 Å². The zero-order chi connectivity index (χ0) is 15.5. The predicted molar refractivity (Wildman–Crippen MR) is 76.8 cm³/mol. The number of rotatable bonds is 1. The standard InChI is InChI=1S/C14H14N2O4S/c1-7-5-4-6-9-11(15-21(19,20)13(7)9)10-12(17)8(2)16(3)14(10)18/h4-6,8,17H,1-3H3/t8-/m0/s1. The molecule has 1 N–H and O–H groups in total. The topological polar surface area (TPSA) is 87.0 Å². The molecule has 1 aromatic carbocycles. The van der Waals surface area contributed by atoms with Crippen molar-refractivity contribution in [2.75, 3.05) is 7.05 Å². The number of benzene rings is 1. The minimum absolute atomic E-state index is 0.0297. The Morgan fingerprint density at radius 1 is 1.33 bits per heavy atom. The second kappa shape index (κ2) is 4.17. The summed E-state index contributed by atoms with van der Waals surface area (Å²) in [4.78, 5) is 13.7. The fraction of sp³-hybridized carbons (Fsp3) is 0.286. The maximum absolute atomic E-state index is 12.3. The van der Waals surface area contributed by atoms with Crippen LogP contribution in [0.15, 0.2) is 38.8 Å². The Labute approximate surface area is 122 Å². The van der Waals surface area contributed by atoms with Gasteiger partial charge in [0.05, 0.1) is 6.04 Å². The third kappa shape index (κ3) is 1.73. The molecule has 1 aromatic rings. The number of aryl methyl sites for hydroxylation is 1. The van der Waals surface area contributed by atoms with Crippen molar-refractivity contribution in [2.24, 2.45) is 4.40 Å². The van der Waals surface area contributed by atoms with Crippen molar-refractivity contribution in [3.63, 3.8) is 0 Å². The van der Waals surface area contributed by atoms with Crippen molar-refractivity contribution in [2.45, 2.75) is 24.8 Å². The van der Waals surface area contributed by atoms with E-state index in [1.165, 1.54) is 4.90 Å². The number of carbonyl (C=O) groups excluding carboxylic acids is 1. The lowest BCUT2D eigenvalue weighted by molar-refractivity contribution is -0.125. The molecule has 0 aromatic heterocycles. The van der Waals surface area contributed by atoms with E-state index in [4.69, 9.17) is 0 Å². The number of aliphatic hydroxyl groups is 1. The Morgan fingerprint density at radius 2 is 2.00 bits per heavy atom. The number of sulfonamides is 1. The van der Waals surface area contributed by atoms with Crippen LogP contribution in [0.1, 0.15) is 18.1 Å². The third-order valence-electron chi connectivity index (χ3n) is 3.94. The van der Waals surface area contributed by atoms with Crippen LogP contribution in [0.25, 0.3) is 0 Å². The van der Waals surface area contributed by atoms with E-state index in [-0.39, 0.29) is 21.9 Å². The molecule has 0 radical (unpaired) electrons. The molecule has 2 heterocycles. The fourth-order valence-electron chi connectivity index (χ4n) is 2.65. The van der Waals surface area contributed by atoms with Crippen LogP contribution in [0.5, 0.6) is 0 Å². The van der Waals surface area contributed by atoms with Crippen LogP contribution in [-0.4, -0.2) is 43.1 Å². The third-order valence-corrected chi connectivity index (χ3v) is 5.42. The quantitative estimate of drug-likeness (QED) is 0.843. The Hall–Kier alpha value is -2.15. The van der Waals surface area contributed by atoms with Gasteiger partial charge in [0.2, 0.25) is 0 Å². The molecule has 0 unspecified atom stereocenters. The van der Waals surface area contributed by atoms with E-state index in [0.29, 0.717) is 11.1 Å². The first-order valence-electron chi connectivity index (χ1n) is 6.41. The van der Waals surface area contributed by atoms with Crippen LogP contribution >= 0.6 is 0 Å². The van der Waals surface area contributed by atoms with Gasteiger partial charge in [-0.25, -0.2) is 0 Å². The number of amides is 1. The van der Waals surface area contributed by atoms with Crippen molar-refractivity contribution >= 4 is 21.6 Å². The number of hydrogen-bond acceptors (Lipinski definition) is 4. The minimum atomic E-state index is -3.83. The Bertz CT molecular complexity index is 837. The lowest BCUT2D eigenvalue weighted by Gasteiger charge is -2.14. The SMILES string of the molecule is Cc1cccc2c1S(=O)(=O)N=C2C1=C(O)[C@H](C)N(C)C1=O. The summed E-state index contributed by atoms with van der Waals surface area (Å²) in [5.41, 5.74) is 0.941. The Kier molecular flexibility index (Phi) is 2.75. The molecule has 0 bridgehead atoms. The highest BCUT2D eigenvalue weighted by molar-refractivity contribution is 7.90. The predicted octanol–water partition coefficient (Wildman–Crippen LogP) is 1.16. The van der Waals surface area contributed by atoms with E-state index < -0.39 is 22.0 Å². The van der Waals surface area contributed by atoms with E-state index in [9.17, 15) is 18.3 Å². The molecule has 1 atom stereocenters. The molecule has 0 spiro atoms. The molecule has 0 fully saturated rings. The number of carbonyl (C=O) groups is 1. The van der Waals surface area contributed by atoms with Gasteiger partial charge in [-0.05, 0) is 19.4 Å². The van der Waals surface area contributed by atoms with Crippen molar-refractivity contribution in [1.29, 1.82) is 0 Å². The van der Waals surface area contributed by atoms with E-state index in [2.05, 4.69) is 4.40 Å². The van der Waals surface area contributed by atoms with E-state index in [1.54, 1.807) is 39.1 Å². The number of aliphatic hydroxyl groups excluding tert-OH is 1. The summed E-state index contributed by atoms with van der Waals surface area (Å²) in [6, 6.07) is 4.48. The summed E-state index contributed by atoms with van der Waals surface area (Å²) in [6.45, 7) is 3.34. The summed E-state index contributed by atoms with van der Waals surface area (Å²) >= 11 is 0. The highest BCUT2D eigenvalue weighted by Crippen LogP contribution is 2.35. The fourth-order valence-corrected chi connectivity index (χ4v) is 4.09. The normalized spacial score (nSPS) is 23.6. The molecule has 7 heteroatoms. The first kappa shape index (κ1) is 13.8. The summed E-state index contributed by atoms with van der Waals surface area (Å²) in [7, 11) is -2.28. The summed E-state index contributed by atoms with van der Waals surface area (Å²) < 4.78 is 28.1. The van der Waals surface area contributed by atoms with E-state index in [0.717, 1.165) is 0 Å². The van der Waals surface area contributed by atoms with Crippen LogP contribution in [0.3, 0.4) is 0 Å². The molecular weight excluding hydrogens is 292 g/mol. The average Bonchev–Trinajstić information content (AvgIpc) is 2.79. The molecular formula is C14H14N2O4S. The monoisotopic (exact) mass is 306 g/mol. The lowest BCUT2D eigenvalue weighted by Crippen LogP contribution is -2.30. The summed E-state index contributed by atoms with van der Waals surface area (Å²) in [6.07, 6.45) is 0. The lowest BCUT2D eigenvalue weighted by atomic mass is 10.00. The molecule has 2 aliphatic heterocycles. The maximum atomic E-state index is 12.3. The second-order valence-electron chi connectivity index (χ2n) is 5.22. The zero-order valence-corrected chi connectivity index (χ0v) is 12.6. The van der Waals surface area contributed by atoms with Gasteiger partial charge in [0.15, 0.2) is 0 Å². The van der Waals surface area contributed by atoms with Crippen LogP contribution in [0.2, 0.25) is 0 Å². The second-order valence-corrected chi connectivity index (χ2v) is 6.76. The number of hydrogen-bond donors (Lipinski definition) is 1. The van der Waals surface area contributed by atoms with Crippen molar-refractivity contribution in [1.82, 2.24) is 4.90 Å². The summed E-state index contributed by atoms with van der Waals surface area (Å²) in [5, 5.41) is 10.2. The van der Waals surface area contributed by atoms with Gasteiger partial charge in [0, 0.05) is 12.6 Å². The molecule has 2 aliphatic rings. The number of nitrogens with zero attached hydrogens (tertiary/aromatic N) is 2. The molecule has 3 rings (SSSR count). The zero-order valence-electron chi connectivity index (χ0n) is 11.8. The number of likely N-dealkylation sites (N-methyl/N-ethyl adjacent to an activating group) is 1. The van der Waals surface area contributed by atoms with Gasteiger partial charge in [-0.3, -0.25) is 4.79 Å². The molecule has 0 saturated heterocycles. The number of fused-ring (bicyclic) bond motifs is 1. The maximum Gasteiger partial charge on any atom is 0.283 e. The highest BCUT2D eigenvalue weighted by Gasteiger charge is 2.42. The minimum Gasteiger partial charge on any atom is -0.509 e. The first-order chi connectivity index (χ1) is 9.75. The van der Waals surface area contributed by atoms with Gasteiger partial charge in [-0.15, -0.1) is 0 Å². The van der Waals surface area contributed by atoms with Crippen molar-refractivity contribution in [3.8, 4) is 0 Å². The van der Waals surface area contributed by atoms with Crippen LogP contribution in [0.4, 0.5) is 0 Å². The van der Waals surface area contributed by atoms with Crippen molar-refractivity contribution < 1.29 is 18.3 Å². The molecule has 1 amide bonds. The summed E-state index contributed by atoms with van der Waals surface area (Å²) in [5.74, 6) is -0.575. The Morgan fingerprint density at radius 3 is 2.57 bits per heavy atom. The van der Waals surface area contributed by atoms with Gasteiger partial charge in [0.25, 0.3) is 15.9 Å². The van der Waals surface area contributed by atoms with Crippen molar-refractivity contribution in [3.05, 3.63) is 40.7 Å². The molecule has 21 heavy (non-hydrogen) atoms. The van der Waals surface area contributed by atoms with Gasteiger partial charge in [-0.1, -0.05) is 18.2 Å². The van der Waals surface area contributed by atoms with Crippen LogP contribution in [0, 0.1) is 6.92 Å². The average molecular weight is 306 g/mol. The smallest absolute Gasteiger partial charge is 0.283 e. The van der Waals surface area contributed by atoms with Crippen LogP contribution < -0.4 is 0 Å². The molecule has 0 saturated carbocycles. The molecule has 110 valence electrons. The van der Waals surface area contributed by atoms with Crippen LogP contribution in [-0.2, 0) is 14.8 Å². The largest absolute Gasteiger partial charge is 0.509 e. The first-order valence-corrected chi connectivity index (χ1v) is 7.85. The van der Waals surface area contributed by atoms with Gasteiger partial charge in [0.1, 0.15) is 21.9 Å². The Balaban J connectivity index is 2.29. The van der Waals surface area contributed by atoms with Gasteiger partial charge < -0.3 is 10.0 Å². The highest BCUT2D eigenvalue weighted by atomic mass is 32.2. The van der Waals surface area contributed by atoms with Gasteiger partial charge in [-0.2, -0.15) is 12.8 Å². The van der Waals surface area contributed by atoms with Gasteiger partial charge >= 0.3 is 0 Å². The molecule has 0 aliphatic carbocycles. The van der Waals surface area contributed by atoms with E-state index >= 15 is 0 Å².